The molecule has 1 aromatic rings. The van der Waals surface area contributed by atoms with E-state index in [1.54, 1.807) is 0 Å². The summed E-state index contributed by atoms with van der Waals surface area (Å²) in [5, 5.41) is 4.42. The van der Waals surface area contributed by atoms with Crippen LogP contribution in [0.5, 0.6) is 0 Å². The Bertz CT molecular complexity index is 757. The Kier molecular flexibility index (Phi) is 2.53. The van der Waals surface area contributed by atoms with Crippen LogP contribution in [0.4, 0.5) is 0 Å². The van der Waals surface area contributed by atoms with E-state index in [0.717, 1.165) is 42.3 Å². The molecule has 130 valence electrons. The third kappa shape index (κ3) is 1.89. The highest BCUT2D eigenvalue weighted by atomic mass is 32.2. The zero-order valence-corrected chi connectivity index (χ0v) is 14.7. The van der Waals surface area contributed by atoms with E-state index in [1.807, 2.05) is 0 Å². The molecule has 2 heterocycles. The molecule has 1 spiro atoms. The van der Waals surface area contributed by atoms with Crippen LogP contribution in [0.1, 0.15) is 69.0 Å². The van der Waals surface area contributed by atoms with E-state index in [-0.39, 0.29) is 16.7 Å². The Balaban J connectivity index is 1.22. The van der Waals surface area contributed by atoms with Crippen molar-refractivity contribution < 1.29 is 12.9 Å². The lowest BCUT2D eigenvalue weighted by Crippen LogP contribution is -2.55. The highest BCUT2D eigenvalue weighted by Gasteiger charge is 2.58. The molecule has 0 N–H and O–H groups in total. The lowest BCUT2D eigenvalue weighted by molar-refractivity contribution is -0.0103. The van der Waals surface area contributed by atoms with E-state index in [1.165, 1.54) is 38.5 Å². The van der Waals surface area contributed by atoms with Crippen LogP contribution in [0.25, 0.3) is 0 Å². The second-order valence-electron chi connectivity index (χ2n) is 9.79. The van der Waals surface area contributed by atoms with Gasteiger partial charge >= 0.3 is 0 Å². The number of nitrogens with zero attached hydrogens (tertiary/aromatic N) is 2. The van der Waals surface area contributed by atoms with Gasteiger partial charge in [-0.05, 0) is 74.5 Å². The van der Waals surface area contributed by atoms with Crippen molar-refractivity contribution in [2.75, 3.05) is 11.5 Å². The summed E-state index contributed by atoms with van der Waals surface area (Å²) >= 11 is 0. The Morgan fingerprint density at radius 1 is 0.917 bits per heavy atom. The average molecular weight is 348 g/mol. The third-order valence-electron chi connectivity index (χ3n) is 7.71. The lowest BCUT2D eigenvalue weighted by atomic mass is 9.49. The van der Waals surface area contributed by atoms with Gasteiger partial charge in [-0.2, -0.15) is 4.98 Å². The summed E-state index contributed by atoms with van der Waals surface area (Å²) in [6.07, 6.45) is 9.85. The van der Waals surface area contributed by atoms with Gasteiger partial charge in [-0.1, -0.05) is 5.16 Å². The van der Waals surface area contributed by atoms with E-state index in [2.05, 4.69) is 5.16 Å². The van der Waals surface area contributed by atoms with E-state index < -0.39 is 9.84 Å². The molecule has 24 heavy (non-hydrogen) atoms. The summed E-state index contributed by atoms with van der Waals surface area (Å²) in [5.74, 6) is 5.41. The summed E-state index contributed by atoms with van der Waals surface area (Å²) in [6, 6.07) is 0. The molecule has 0 radical (unpaired) electrons. The number of sulfone groups is 1. The zero-order chi connectivity index (χ0) is 16.2. The van der Waals surface area contributed by atoms with Gasteiger partial charge in [0.2, 0.25) is 5.89 Å². The summed E-state index contributed by atoms with van der Waals surface area (Å²) < 4.78 is 28.6. The first-order chi connectivity index (χ1) is 11.4. The maximum absolute atomic E-state index is 11.5. The van der Waals surface area contributed by atoms with Crippen LogP contribution in [0, 0.1) is 23.2 Å². The molecule has 4 bridgehead atoms. The molecular weight excluding hydrogens is 324 g/mol. The topological polar surface area (TPSA) is 73.1 Å². The van der Waals surface area contributed by atoms with Crippen LogP contribution >= 0.6 is 0 Å². The third-order valence-corrected chi connectivity index (χ3v) is 9.82. The van der Waals surface area contributed by atoms with Gasteiger partial charge in [0.05, 0.1) is 11.5 Å². The largest absolute Gasteiger partial charge is 0.339 e. The average Bonchev–Trinajstić information content (AvgIpc) is 2.90. The van der Waals surface area contributed by atoms with E-state index in [9.17, 15) is 8.42 Å². The minimum Gasteiger partial charge on any atom is -0.339 e. The number of aromatic nitrogens is 2. The van der Waals surface area contributed by atoms with Crippen molar-refractivity contribution in [3.8, 4) is 0 Å². The van der Waals surface area contributed by atoms with Gasteiger partial charge in [0.1, 0.15) is 0 Å². The molecular formula is C18H24N2O3S. The summed E-state index contributed by atoms with van der Waals surface area (Å²) in [4.78, 5) is 4.86. The lowest BCUT2D eigenvalue weighted by Gasteiger charge is -2.55. The molecule has 1 aromatic heterocycles. The molecule has 0 aromatic carbocycles. The summed E-state index contributed by atoms with van der Waals surface area (Å²) in [6.45, 7) is 0. The maximum atomic E-state index is 11.5. The fourth-order valence-corrected chi connectivity index (χ4v) is 9.54. The minimum absolute atomic E-state index is 0.0405. The highest BCUT2D eigenvalue weighted by Crippen LogP contribution is 2.61. The van der Waals surface area contributed by atoms with Crippen LogP contribution in [-0.2, 0) is 15.3 Å². The van der Waals surface area contributed by atoms with E-state index in [4.69, 9.17) is 9.51 Å². The van der Waals surface area contributed by atoms with Crippen molar-refractivity contribution in [2.24, 2.45) is 23.2 Å². The SMILES string of the molecule is O=S1(=O)CC2(CC(c3nc(C45CC6CC(CC(C6)C4)C5)no3)C2)C1. The Morgan fingerprint density at radius 3 is 2.04 bits per heavy atom. The van der Waals surface area contributed by atoms with E-state index in [0.29, 0.717) is 11.5 Å². The molecule has 0 atom stereocenters. The first-order valence-electron chi connectivity index (χ1n) is 9.47. The Morgan fingerprint density at radius 2 is 1.50 bits per heavy atom. The van der Waals surface area contributed by atoms with Crippen LogP contribution < -0.4 is 0 Å². The van der Waals surface area contributed by atoms with Crippen molar-refractivity contribution in [1.82, 2.24) is 10.1 Å². The van der Waals surface area contributed by atoms with Gasteiger partial charge in [0.25, 0.3) is 0 Å². The number of hydrogen-bond acceptors (Lipinski definition) is 5. The summed E-state index contributed by atoms with van der Waals surface area (Å²) in [7, 11) is -2.75. The smallest absolute Gasteiger partial charge is 0.229 e. The molecule has 5 aliphatic carbocycles. The molecule has 7 rings (SSSR count). The van der Waals surface area contributed by atoms with Gasteiger partial charge in [-0.15, -0.1) is 0 Å². The molecule has 6 heteroatoms. The van der Waals surface area contributed by atoms with Crippen LogP contribution in [-0.4, -0.2) is 30.1 Å². The molecule has 0 amide bonds. The van der Waals surface area contributed by atoms with Crippen molar-refractivity contribution >= 4 is 9.84 Å². The normalized spacial score (nSPS) is 44.4. The number of rotatable bonds is 2. The van der Waals surface area contributed by atoms with Crippen molar-refractivity contribution in [3.63, 3.8) is 0 Å². The van der Waals surface area contributed by atoms with Gasteiger partial charge < -0.3 is 4.52 Å². The quantitative estimate of drug-likeness (QED) is 0.822. The van der Waals surface area contributed by atoms with Crippen LogP contribution in [0.15, 0.2) is 4.52 Å². The first kappa shape index (κ1) is 14.3. The fraction of sp³-hybridized carbons (Fsp3) is 0.889. The standard InChI is InChI=1S/C18H24N2O3S/c21-24(22)9-17(10-24)7-14(8-17)15-19-16(20-23-15)18-4-11-1-12(5-18)3-13(2-11)6-18/h11-14H,1-10H2. The van der Waals surface area contributed by atoms with Crippen LogP contribution in [0.3, 0.4) is 0 Å². The van der Waals surface area contributed by atoms with Crippen molar-refractivity contribution in [3.05, 3.63) is 11.7 Å². The molecule has 6 aliphatic rings. The highest BCUT2D eigenvalue weighted by molar-refractivity contribution is 7.92. The maximum Gasteiger partial charge on any atom is 0.229 e. The second kappa shape index (κ2) is 4.25. The Labute approximate surface area is 142 Å². The molecule has 5 nitrogen and oxygen atoms in total. The molecule has 1 saturated heterocycles. The predicted octanol–water partition coefficient (Wildman–Crippen LogP) is 2.83. The predicted molar refractivity (Wildman–Crippen MR) is 87.2 cm³/mol. The first-order valence-corrected chi connectivity index (χ1v) is 11.3. The van der Waals surface area contributed by atoms with E-state index >= 15 is 0 Å². The second-order valence-corrected chi connectivity index (χ2v) is 11.9. The van der Waals surface area contributed by atoms with Gasteiger partial charge in [0, 0.05) is 11.3 Å². The fourth-order valence-electron chi connectivity index (χ4n) is 7.29. The van der Waals surface area contributed by atoms with Crippen molar-refractivity contribution in [1.29, 1.82) is 0 Å². The van der Waals surface area contributed by atoms with Gasteiger partial charge in [-0.3, -0.25) is 0 Å². The van der Waals surface area contributed by atoms with Gasteiger partial charge in [-0.25, -0.2) is 8.42 Å². The molecule has 6 fully saturated rings. The van der Waals surface area contributed by atoms with Gasteiger partial charge in [0.15, 0.2) is 15.7 Å². The van der Waals surface area contributed by atoms with Crippen LogP contribution in [0.2, 0.25) is 0 Å². The molecule has 5 saturated carbocycles. The minimum atomic E-state index is -2.75. The molecule has 1 aliphatic heterocycles. The molecule has 0 unspecified atom stereocenters. The number of hydrogen-bond donors (Lipinski definition) is 0. The zero-order valence-electron chi connectivity index (χ0n) is 13.9. The summed E-state index contributed by atoms with van der Waals surface area (Å²) in [5.41, 5.74) is 0.233. The Hall–Kier alpha value is -0.910. The monoisotopic (exact) mass is 348 g/mol. The van der Waals surface area contributed by atoms with Crippen molar-refractivity contribution in [2.45, 2.75) is 62.7 Å².